The van der Waals surface area contributed by atoms with E-state index in [0.29, 0.717) is 12.2 Å². The lowest BCUT2D eigenvalue weighted by atomic mass is 9.68. The van der Waals surface area contributed by atoms with Gasteiger partial charge in [-0.3, -0.25) is 4.79 Å². The highest BCUT2D eigenvalue weighted by Crippen LogP contribution is 2.37. The Bertz CT molecular complexity index is 178. The van der Waals surface area contributed by atoms with Crippen LogP contribution in [0.1, 0.15) is 47.0 Å². The lowest BCUT2D eigenvalue weighted by Crippen LogP contribution is -2.35. The first-order chi connectivity index (χ1) is 6.08. The van der Waals surface area contributed by atoms with Gasteiger partial charge in [-0.25, -0.2) is 0 Å². The van der Waals surface area contributed by atoms with Gasteiger partial charge in [-0.1, -0.05) is 33.8 Å². The topological polar surface area (TPSA) is 17.1 Å². The van der Waals surface area contributed by atoms with Crippen molar-refractivity contribution >= 4 is 5.78 Å². The minimum Gasteiger partial charge on any atom is -0.299 e. The Morgan fingerprint density at radius 3 is 2.08 bits per heavy atom. The van der Waals surface area contributed by atoms with Crippen LogP contribution in [0, 0.1) is 11.3 Å². The summed E-state index contributed by atoms with van der Waals surface area (Å²) in [4.78, 5) is 11.8. The second kappa shape index (κ2) is 5.21. The van der Waals surface area contributed by atoms with Crippen LogP contribution in [0.25, 0.3) is 0 Å². The van der Waals surface area contributed by atoms with E-state index >= 15 is 0 Å². The Kier molecular flexibility index (Phi) is 4.97. The minimum absolute atomic E-state index is 0.156. The molecule has 0 fully saturated rings. The maximum absolute atomic E-state index is 11.8. The van der Waals surface area contributed by atoms with E-state index in [1.54, 1.807) is 0 Å². The molecule has 0 aliphatic heterocycles. The molecule has 0 saturated heterocycles. The molecule has 0 radical (unpaired) electrons. The van der Waals surface area contributed by atoms with Crippen molar-refractivity contribution in [3.63, 3.8) is 0 Å². The third-order valence-corrected chi connectivity index (χ3v) is 3.36. The Morgan fingerprint density at radius 1 is 1.38 bits per heavy atom. The first kappa shape index (κ1) is 12.4. The van der Waals surface area contributed by atoms with Crippen molar-refractivity contribution in [2.45, 2.75) is 47.0 Å². The molecule has 1 atom stereocenters. The minimum atomic E-state index is -0.156. The number of carbonyl (C=O) groups excluding carboxylic acids is 1. The summed E-state index contributed by atoms with van der Waals surface area (Å²) in [6.45, 7) is 12.0. The van der Waals surface area contributed by atoms with E-state index in [0.717, 1.165) is 12.8 Å². The van der Waals surface area contributed by atoms with Crippen LogP contribution < -0.4 is 0 Å². The van der Waals surface area contributed by atoms with Crippen LogP contribution in [-0.4, -0.2) is 5.78 Å². The van der Waals surface area contributed by atoms with Crippen molar-refractivity contribution < 1.29 is 4.79 Å². The van der Waals surface area contributed by atoms with E-state index in [2.05, 4.69) is 27.4 Å². The van der Waals surface area contributed by atoms with E-state index in [9.17, 15) is 4.79 Å². The van der Waals surface area contributed by atoms with Gasteiger partial charge in [0.15, 0.2) is 0 Å². The number of hydrogen-bond donors (Lipinski definition) is 0. The van der Waals surface area contributed by atoms with Crippen LogP contribution in [-0.2, 0) is 4.79 Å². The Morgan fingerprint density at radius 2 is 1.85 bits per heavy atom. The number of rotatable bonds is 6. The number of carbonyl (C=O) groups is 1. The summed E-state index contributed by atoms with van der Waals surface area (Å²) >= 11 is 0. The molecule has 0 aliphatic carbocycles. The molecule has 0 aliphatic rings. The van der Waals surface area contributed by atoms with Gasteiger partial charge in [0.1, 0.15) is 5.78 Å². The van der Waals surface area contributed by atoms with E-state index < -0.39 is 0 Å². The predicted octanol–water partition coefficient (Wildman–Crippen LogP) is 3.59. The molecule has 1 heteroatoms. The number of allylic oxidation sites excluding steroid dienone is 1. The third kappa shape index (κ3) is 2.20. The van der Waals surface area contributed by atoms with Crippen LogP contribution >= 0.6 is 0 Å². The van der Waals surface area contributed by atoms with Gasteiger partial charge in [0.05, 0.1) is 0 Å². The second-order valence-electron chi connectivity index (χ2n) is 3.66. The highest BCUT2D eigenvalue weighted by Gasteiger charge is 2.36. The molecule has 1 nitrogen and oxygen atoms in total. The fourth-order valence-corrected chi connectivity index (χ4v) is 2.12. The largest absolute Gasteiger partial charge is 0.299 e. The highest BCUT2D eigenvalue weighted by molar-refractivity contribution is 5.85. The molecule has 1 unspecified atom stereocenters. The van der Waals surface area contributed by atoms with Crippen molar-refractivity contribution in [3.05, 3.63) is 12.7 Å². The zero-order chi connectivity index (χ0) is 10.5. The van der Waals surface area contributed by atoms with E-state index in [-0.39, 0.29) is 11.3 Å². The standard InChI is InChI=1S/C12H22O/c1-6-10(5)12(8-3,9-4)11(13)7-2/h6,10H,1,7-9H2,2-5H3. The molecule has 13 heavy (non-hydrogen) atoms. The number of ketones is 1. The summed E-state index contributed by atoms with van der Waals surface area (Å²) in [5.41, 5.74) is -0.156. The molecule has 0 heterocycles. The van der Waals surface area contributed by atoms with Gasteiger partial charge in [0, 0.05) is 11.8 Å². The van der Waals surface area contributed by atoms with Crippen molar-refractivity contribution in [3.8, 4) is 0 Å². The van der Waals surface area contributed by atoms with E-state index in [1.165, 1.54) is 0 Å². The summed E-state index contributed by atoms with van der Waals surface area (Å²) in [7, 11) is 0. The molecule has 0 aromatic rings. The molecule has 0 N–H and O–H groups in total. The molecule has 0 amide bonds. The summed E-state index contributed by atoms with van der Waals surface area (Å²) in [6, 6.07) is 0. The average Bonchev–Trinajstić information content (AvgIpc) is 2.19. The molecule has 0 aromatic carbocycles. The normalized spacial score (nSPS) is 13.8. The maximum Gasteiger partial charge on any atom is 0.139 e. The van der Waals surface area contributed by atoms with Crippen molar-refractivity contribution in [2.24, 2.45) is 11.3 Å². The molecular weight excluding hydrogens is 160 g/mol. The zero-order valence-corrected chi connectivity index (χ0v) is 9.39. The Labute approximate surface area is 82.2 Å². The molecular formula is C12H22O. The fraction of sp³-hybridized carbons (Fsp3) is 0.750. The first-order valence-electron chi connectivity index (χ1n) is 5.24. The molecule has 0 rings (SSSR count). The van der Waals surface area contributed by atoms with Crippen LogP contribution in [0.4, 0.5) is 0 Å². The molecule has 0 bridgehead atoms. The summed E-state index contributed by atoms with van der Waals surface area (Å²) in [6.07, 6.45) is 4.38. The third-order valence-electron chi connectivity index (χ3n) is 3.36. The van der Waals surface area contributed by atoms with Crippen LogP contribution in [0.5, 0.6) is 0 Å². The first-order valence-corrected chi connectivity index (χ1v) is 5.24. The van der Waals surface area contributed by atoms with E-state index in [1.807, 2.05) is 13.0 Å². The van der Waals surface area contributed by atoms with Gasteiger partial charge in [0.2, 0.25) is 0 Å². The lowest BCUT2D eigenvalue weighted by molar-refractivity contribution is -0.130. The quantitative estimate of drug-likeness (QED) is 0.574. The van der Waals surface area contributed by atoms with Gasteiger partial charge in [-0.2, -0.15) is 0 Å². The monoisotopic (exact) mass is 182 g/mol. The zero-order valence-electron chi connectivity index (χ0n) is 9.39. The SMILES string of the molecule is C=CC(C)C(CC)(CC)C(=O)CC. The summed E-state index contributed by atoms with van der Waals surface area (Å²) in [5, 5.41) is 0. The van der Waals surface area contributed by atoms with Gasteiger partial charge in [0.25, 0.3) is 0 Å². The lowest BCUT2D eigenvalue weighted by Gasteiger charge is -2.34. The number of Topliss-reactive ketones (excluding diaryl/α,β-unsaturated/α-hetero) is 1. The molecule has 0 spiro atoms. The summed E-state index contributed by atoms with van der Waals surface area (Å²) in [5.74, 6) is 0.667. The molecule has 0 aromatic heterocycles. The molecule has 0 saturated carbocycles. The average molecular weight is 182 g/mol. The van der Waals surface area contributed by atoms with Crippen LogP contribution in [0.15, 0.2) is 12.7 Å². The van der Waals surface area contributed by atoms with Gasteiger partial charge >= 0.3 is 0 Å². The fourth-order valence-electron chi connectivity index (χ4n) is 2.12. The highest BCUT2D eigenvalue weighted by atomic mass is 16.1. The second-order valence-corrected chi connectivity index (χ2v) is 3.66. The number of hydrogen-bond acceptors (Lipinski definition) is 1. The van der Waals surface area contributed by atoms with Gasteiger partial charge < -0.3 is 0 Å². The van der Waals surface area contributed by atoms with Crippen LogP contribution in [0.3, 0.4) is 0 Å². The van der Waals surface area contributed by atoms with Crippen molar-refractivity contribution in [1.29, 1.82) is 0 Å². The molecule has 76 valence electrons. The van der Waals surface area contributed by atoms with Crippen LogP contribution in [0.2, 0.25) is 0 Å². The smallest absolute Gasteiger partial charge is 0.139 e. The van der Waals surface area contributed by atoms with Crippen molar-refractivity contribution in [2.75, 3.05) is 0 Å². The maximum atomic E-state index is 11.8. The van der Waals surface area contributed by atoms with E-state index in [4.69, 9.17) is 0 Å². The summed E-state index contributed by atoms with van der Waals surface area (Å²) < 4.78 is 0. The predicted molar refractivity (Wildman–Crippen MR) is 57.7 cm³/mol. The van der Waals surface area contributed by atoms with Crippen molar-refractivity contribution in [1.82, 2.24) is 0 Å². The van der Waals surface area contributed by atoms with Gasteiger partial charge in [-0.15, -0.1) is 6.58 Å². The Hall–Kier alpha value is -0.590. The Balaban J connectivity index is 4.89. The van der Waals surface area contributed by atoms with Gasteiger partial charge in [-0.05, 0) is 18.8 Å².